The van der Waals surface area contributed by atoms with Gasteiger partial charge >= 0.3 is 6.03 Å². The van der Waals surface area contributed by atoms with E-state index in [9.17, 15) is 9.59 Å². The number of carbonyl (C=O) groups excluding carboxylic acids is 2. The Labute approximate surface area is 150 Å². The van der Waals surface area contributed by atoms with E-state index in [1.807, 2.05) is 6.07 Å². The summed E-state index contributed by atoms with van der Waals surface area (Å²) < 4.78 is 0. The van der Waals surface area contributed by atoms with Crippen LogP contribution in [0.4, 0.5) is 10.6 Å². The molecule has 0 atom stereocenters. The zero-order valence-electron chi connectivity index (χ0n) is 13.7. The minimum absolute atomic E-state index is 0.0632. The molecular formula is C17H18ClN5O2. The van der Waals surface area contributed by atoms with Gasteiger partial charge in [0.15, 0.2) is 0 Å². The first kappa shape index (κ1) is 16.2. The predicted octanol–water partition coefficient (Wildman–Crippen LogP) is 2.00. The maximum atomic E-state index is 12.5. The summed E-state index contributed by atoms with van der Waals surface area (Å²) in [7, 11) is 0. The summed E-state index contributed by atoms with van der Waals surface area (Å²) in [5, 5.41) is 9.36. The summed E-state index contributed by atoms with van der Waals surface area (Å²) in [6.45, 7) is 1.63. The Kier molecular flexibility index (Phi) is 4.00. The summed E-state index contributed by atoms with van der Waals surface area (Å²) >= 11 is 6.24. The van der Waals surface area contributed by atoms with Crippen LogP contribution in [0.15, 0.2) is 12.3 Å². The fourth-order valence-corrected chi connectivity index (χ4v) is 3.91. The summed E-state index contributed by atoms with van der Waals surface area (Å²) in [4.78, 5) is 34.2. The van der Waals surface area contributed by atoms with Crippen LogP contribution in [0.3, 0.4) is 0 Å². The number of halogens is 1. The van der Waals surface area contributed by atoms with Crippen LogP contribution in [0.2, 0.25) is 5.02 Å². The number of imide groups is 1. The highest BCUT2D eigenvalue weighted by Crippen LogP contribution is 2.33. The number of hydrogen-bond donors (Lipinski definition) is 0. The van der Waals surface area contributed by atoms with E-state index in [-0.39, 0.29) is 30.6 Å². The molecule has 2 saturated heterocycles. The Morgan fingerprint density at radius 3 is 2.48 bits per heavy atom. The average Bonchev–Trinajstić information content (AvgIpc) is 3.40. The summed E-state index contributed by atoms with van der Waals surface area (Å²) in [6, 6.07) is 3.72. The molecule has 0 unspecified atom stereocenters. The van der Waals surface area contributed by atoms with Crippen molar-refractivity contribution in [2.45, 2.75) is 37.8 Å². The van der Waals surface area contributed by atoms with Gasteiger partial charge in [-0.15, -0.1) is 0 Å². The first-order valence-electron chi connectivity index (χ1n) is 8.51. The van der Waals surface area contributed by atoms with E-state index in [0.717, 1.165) is 25.7 Å². The summed E-state index contributed by atoms with van der Waals surface area (Å²) in [5.41, 5.74) is 0.435. The number of aromatic nitrogens is 1. The highest BCUT2D eigenvalue weighted by Gasteiger charge is 2.47. The maximum Gasteiger partial charge on any atom is 0.327 e. The molecule has 1 aromatic rings. The van der Waals surface area contributed by atoms with Crippen LogP contribution >= 0.6 is 11.6 Å². The van der Waals surface area contributed by atoms with Crippen molar-refractivity contribution in [1.29, 1.82) is 5.26 Å². The largest absolute Gasteiger partial charge is 0.355 e. The van der Waals surface area contributed by atoms with Gasteiger partial charge in [0.2, 0.25) is 0 Å². The van der Waals surface area contributed by atoms with E-state index in [1.165, 1.54) is 11.1 Å². The number of rotatable bonds is 3. The highest BCUT2D eigenvalue weighted by molar-refractivity contribution is 6.33. The summed E-state index contributed by atoms with van der Waals surface area (Å²) in [6.07, 6.45) is 4.94. The Hall–Kier alpha value is -2.33. The molecule has 3 aliphatic rings. The Bertz CT molecular complexity index is 765. The lowest BCUT2D eigenvalue weighted by molar-refractivity contribution is -0.125. The van der Waals surface area contributed by atoms with Crippen LogP contribution in [-0.4, -0.2) is 58.4 Å². The van der Waals surface area contributed by atoms with Crippen molar-refractivity contribution in [3.8, 4) is 6.07 Å². The van der Waals surface area contributed by atoms with Gasteiger partial charge in [-0.25, -0.2) is 9.78 Å². The normalized spacial score (nSPS) is 21.8. The number of anilines is 1. The zero-order valence-corrected chi connectivity index (χ0v) is 14.4. The van der Waals surface area contributed by atoms with E-state index in [2.05, 4.69) is 9.88 Å². The van der Waals surface area contributed by atoms with Gasteiger partial charge in [-0.3, -0.25) is 9.69 Å². The second kappa shape index (κ2) is 6.19. The average molecular weight is 360 g/mol. The Morgan fingerprint density at radius 2 is 1.88 bits per heavy atom. The molecule has 25 heavy (non-hydrogen) atoms. The van der Waals surface area contributed by atoms with Gasteiger partial charge in [0.25, 0.3) is 5.91 Å². The van der Waals surface area contributed by atoms with Crippen molar-refractivity contribution >= 4 is 29.4 Å². The molecule has 2 aliphatic heterocycles. The van der Waals surface area contributed by atoms with Gasteiger partial charge in [-0.05, 0) is 31.7 Å². The van der Waals surface area contributed by atoms with Gasteiger partial charge in [0.1, 0.15) is 18.4 Å². The molecule has 3 amide bonds. The van der Waals surface area contributed by atoms with E-state index in [4.69, 9.17) is 16.9 Å². The topological polar surface area (TPSA) is 80.5 Å². The SMILES string of the molecule is N#Cc1cnc(N2CCC(N3CC(=O)N(C4CC4)C3=O)CC2)c(Cl)c1. The quantitative estimate of drug-likeness (QED) is 0.771. The third-order valence-corrected chi connectivity index (χ3v) is 5.37. The molecule has 1 saturated carbocycles. The second-order valence-electron chi connectivity index (χ2n) is 6.76. The van der Waals surface area contributed by atoms with Crippen molar-refractivity contribution in [3.63, 3.8) is 0 Å². The number of urea groups is 1. The Morgan fingerprint density at radius 1 is 1.16 bits per heavy atom. The minimum atomic E-state index is -0.125. The molecule has 0 spiro atoms. The van der Waals surface area contributed by atoms with Crippen LogP contribution in [0.1, 0.15) is 31.2 Å². The summed E-state index contributed by atoms with van der Waals surface area (Å²) in [5.74, 6) is 0.606. The van der Waals surface area contributed by atoms with Crippen LogP contribution in [-0.2, 0) is 4.79 Å². The molecule has 1 aliphatic carbocycles. The third-order valence-electron chi connectivity index (χ3n) is 5.09. The number of carbonyl (C=O) groups is 2. The zero-order chi connectivity index (χ0) is 17.6. The molecule has 0 aromatic carbocycles. The molecule has 1 aromatic heterocycles. The first-order chi connectivity index (χ1) is 12.1. The molecule has 3 fully saturated rings. The van der Waals surface area contributed by atoms with Crippen molar-refractivity contribution in [1.82, 2.24) is 14.8 Å². The maximum absolute atomic E-state index is 12.5. The number of piperidine rings is 1. The predicted molar refractivity (Wildman–Crippen MR) is 91.2 cm³/mol. The number of hydrogen-bond acceptors (Lipinski definition) is 5. The monoisotopic (exact) mass is 359 g/mol. The van der Waals surface area contributed by atoms with Crippen molar-refractivity contribution in [2.75, 3.05) is 24.5 Å². The van der Waals surface area contributed by atoms with Crippen molar-refractivity contribution < 1.29 is 9.59 Å². The highest BCUT2D eigenvalue weighted by atomic mass is 35.5. The molecule has 8 heteroatoms. The molecule has 3 heterocycles. The van der Waals surface area contributed by atoms with Crippen LogP contribution in [0, 0.1) is 11.3 Å². The van der Waals surface area contributed by atoms with Gasteiger partial charge < -0.3 is 9.80 Å². The van der Waals surface area contributed by atoms with E-state index < -0.39 is 0 Å². The van der Waals surface area contributed by atoms with Gasteiger partial charge in [0, 0.05) is 31.4 Å². The standard InChI is InChI=1S/C17H18ClN5O2/c18-14-7-11(8-19)9-20-16(14)21-5-3-12(4-6-21)22-10-15(24)23(17(22)25)13-1-2-13/h7,9,12-13H,1-6,10H2. The molecule has 0 radical (unpaired) electrons. The molecule has 0 N–H and O–H groups in total. The fourth-order valence-electron chi connectivity index (χ4n) is 3.63. The second-order valence-corrected chi connectivity index (χ2v) is 7.17. The van der Waals surface area contributed by atoms with E-state index in [1.54, 1.807) is 11.0 Å². The lowest BCUT2D eigenvalue weighted by Crippen LogP contribution is -2.47. The third kappa shape index (κ3) is 2.91. The molecular weight excluding hydrogens is 342 g/mol. The molecule has 4 rings (SSSR count). The van der Waals surface area contributed by atoms with Crippen molar-refractivity contribution in [2.24, 2.45) is 0 Å². The number of nitriles is 1. The van der Waals surface area contributed by atoms with Gasteiger partial charge in [-0.2, -0.15) is 5.26 Å². The molecule has 7 nitrogen and oxygen atoms in total. The lowest BCUT2D eigenvalue weighted by atomic mass is 10.0. The first-order valence-corrected chi connectivity index (χ1v) is 8.89. The van der Waals surface area contributed by atoms with Gasteiger partial charge in [-0.1, -0.05) is 11.6 Å². The van der Waals surface area contributed by atoms with Crippen LogP contribution in [0.5, 0.6) is 0 Å². The number of pyridine rings is 1. The van der Waals surface area contributed by atoms with E-state index in [0.29, 0.717) is 29.5 Å². The van der Waals surface area contributed by atoms with Crippen LogP contribution in [0.25, 0.3) is 0 Å². The number of nitrogens with zero attached hydrogens (tertiary/aromatic N) is 5. The van der Waals surface area contributed by atoms with Gasteiger partial charge in [0.05, 0.1) is 10.6 Å². The fraction of sp³-hybridized carbons (Fsp3) is 0.529. The molecule has 130 valence electrons. The Balaban J connectivity index is 1.41. The number of amides is 3. The lowest BCUT2D eigenvalue weighted by Gasteiger charge is -2.37. The van der Waals surface area contributed by atoms with E-state index >= 15 is 0 Å². The molecule has 0 bridgehead atoms. The smallest absolute Gasteiger partial charge is 0.327 e. The minimum Gasteiger partial charge on any atom is -0.355 e. The van der Waals surface area contributed by atoms with Crippen molar-refractivity contribution in [3.05, 3.63) is 22.8 Å². The van der Waals surface area contributed by atoms with Crippen LogP contribution < -0.4 is 4.90 Å².